The number of carbonyl (C=O) groups excluding carboxylic acids is 1. The van der Waals surface area contributed by atoms with Gasteiger partial charge in [-0.2, -0.15) is 0 Å². The van der Waals surface area contributed by atoms with E-state index < -0.39 is 17.3 Å². The normalized spacial score (nSPS) is 11.3. The Kier molecular flexibility index (Phi) is 5.09. The Hall–Kier alpha value is -1.85. The van der Waals surface area contributed by atoms with Crippen LogP contribution in [-0.2, 0) is 11.2 Å². The second kappa shape index (κ2) is 6.36. The van der Waals surface area contributed by atoms with Gasteiger partial charge in [-0.25, -0.2) is 4.98 Å². The Morgan fingerprint density at radius 1 is 1.37 bits per heavy atom. The van der Waals surface area contributed by atoms with Crippen molar-refractivity contribution in [2.75, 3.05) is 6.54 Å². The van der Waals surface area contributed by atoms with Crippen LogP contribution >= 0.6 is 0 Å². The van der Waals surface area contributed by atoms with Gasteiger partial charge in [0.2, 0.25) is 0 Å². The van der Waals surface area contributed by atoms with Crippen molar-refractivity contribution in [3.8, 4) is 0 Å². The first kappa shape index (κ1) is 15.2. The second-order valence-electron chi connectivity index (χ2n) is 4.45. The average molecular weight is 268 g/mol. The highest BCUT2D eigenvalue weighted by Crippen LogP contribution is 2.25. The van der Waals surface area contributed by atoms with E-state index in [0.717, 1.165) is 0 Å². The van der Waals surface area contributed by atoms with Gasteiger partial charge in [0.25, 0.3) is 5.91 Å². The van der Waals surface area contributed by atoms with Crippen LogP contribution in [0.4, 0.5) is 0 Å². The molecule has 0 aromatic carbocycles. The number of hydrogen-bond donors (Lipinski definition) is 2. The molecule has 0 fully saturated rings. The van der Waals surface area contributed by atoms with Crippen LogP contribution in [-0.4, -0.2) is 28.5 Å². The lowest BCUT2D eigenvalue weighted by Crippen LogP contribution is -2.42. The number of aromatic nitrogens is 1. The monoisotopic (exact) mass is 268 g/mol. The highest BCUT2D eigenvalue weighted by atomic mass is 16.4. The largest absolute Gasteiger partial charge is 0.481 e. The molecule has 0 bridgehead atoms. The number of carboxylic acid groups (broad SMARTS) is 1. The van der Waals surface area contributed by atoms with E-state index in [1.807, 2.05) is 6.92 Å². The van der Waals surface area contributed by atoms with Gasteiger partial charge in [0.1, 0.15) is 5.76 Å². The summed E-state index contributed by atoms with van der Waals surface area (Å²) in [6.45, 7) is 5.55. The second-order valence-corrected chi connectivity index (χ2v) is 4.45. The fourth-order valence-corrected chi connectivity index (χ4v) is 1.92. The van der Waals surface area contributed by atoms with Crippen molar-refractivity contribution in [2.45, 2.75) is 40.0 Å². The number of carboxylic acids is 1. The Bertz CT molecular complexity index is 449. The Balaban J connectivity index is 2.75. The standard InChI is InChI=1S/C13H20N2O4/c1-4-9-10(15-8-19-9)11(16)14-7-13(5-2,6-3)12(17)18/h8H,4-7H2,1-3H3,(H,14,16)(H,17,18). The molecule has 0 aliphatic carbocycles. The zero-order chi connectivity index (χ0) is 14.5. The number of aryl methyl sites for hydroxylation is 1. The number of nitrogens with one attached hydrogen (secondary N) is 1. The molecule has 1 heterocycles. The highest BCUT2D eigenvalue weighted by molar-refractivity contribution is 5.93. The fraction of sp³-hybridized carbons (Fsp3) is 0.615. The first-order valence-electron chi connectivity index (χ1n) is 6.44. The van der Waals surface area contributed by atoms with E-state index in [9.17, 15) is 14.7 Å². The third-order valence-corrected chi connectivity index (χ3v) is 3.57. The molecule has 1 aromatic heterocycles. The molecule has 6 nitrogen and oxygen atoms in total. The van der Waals surface area contributed by atoms with E-state index in [0.29, 0.717) is 25.0 Å². The molecule has 0 saturated heterocycles. The number of carbonyl (C=O) groups is 2. The summed E-state index contributed by atoms with van der Waals surface area (Å²) < 4.78 is 5.08. The minimum absolute atomic E-state index is 0.0875. The maximum Gasteiger partial charge on any atom is 0.311 e. The molecule has 19 heavy (non-hydrogen) atoms. The van der Waals surface area contributed by atoms with Crippen molar-refractivity contribution < 1.29 is 19.1 Å². The Labute approximate surface area is 112 Å². The molecular weight excluding hydrogens is 248 g/mol. The van der Waals surface area contributed by atoms with E-state index in [2.05, 4.69) is 10.3 Å². The van der Waals surface area contributed by atoms with Gasteiger partial charge in [0.05, 0.1) is 5.41 Å². The van der Waals surface area contributed by atoms with E-state index in [-0.39, 0.29) is 12.2 Å². The van der Waals surface area contributed by atoms with Crippen molar-refractivity contribution >= 4 is 11.9 Å². The average Bonchev–Trinajstić information content (AvgIpc) is 2.88. The predicted molar refractivity (Wildman–Crippen MR) is 68.9 cm³/mol. The summed E-state index contributed by atoms with van der Waals surface area (Å²) >= 11 is 0. The molecule has 0 spiro atoms. The molecule has 0 radical (unpaired) electrons. The molecule has 0 saturated carbocycles. The molecule has 0 unspecified atom stereocenters. The number of aliphatic carboxylic acids is 1. The van der Waals surface area contributed by atoms with Gasteiger partial charge < -0.3 is 14.8 Å². The molecule has 0 aliphatic heterocycles. The van der Waals surface area contributed by atoms with Crippen LogP contribution in [0.15, 0.2) is 10.8 Å². The van der Waals surface area contributed by atoms with Crippen molar-refractivity contribution in [2.24, 2.45) is 5.41 Å². The smallest absolute Gasteiger partial charge is 0.311 e. The minimum atomic E-state index is -0.925. The summed E-state index contributed by atoms with van der Waals surface area (Å²) in [5, 5.41) is 11.9. The van der Waals surface area contributed by atoms with Gasteiger partial charge in [-0.15, -0.1) is 0 Å². The van der Waals surface area contributed by atoms with Crippen LogP contribution in [0.2, 0.25) is 0 Å². The number of amides is 1. The molecular formula is C13H20N2O4. The summed E-state index contributed by atoms with van der Waals surface area (Å²) in [4.78, 5) is 27.1. The van der Waals surface area contributed by atoms with Crippen LogP contribution in [0.1, 0.15) is 49.9 Å². The van der Waals surface area contributed by atoms with Crippen LogP contribution in [0.3, 0.4) is 0 Å². The maximum absolute atomic E-state index is 12.0. The van der Waals surface area contributed by atoms with E-state index >= 15 is 0 Å². The first-order valence-corrected chi connectivity index (χ1v) is 6.44. The zero-order valence-corrected chi connectivity index (χ0v) is 11.5. The summed E-state index contributed by atoms with van der Waals surface area (Å²) in [5.41, 5.74) is -0.694. The molecule has 6 heteroatoms. The molecule has 1 rings (SSSR count). The van der Waals surface area contributed by atoms with E-state index in [1.54, 1.807) is 13.8 Å². The quantitative estimate of drug-likeness (QED) is 0.787. The van der Waals surface area contributed by atoms with Crippen molar-refractivity contribution in [1.82, 2.24) is 10.3 Å². The lowest BCUT2D eigenvalue weighted by Gasteiger charge is -2.26. The highest BCUT2D eigenvalue weighted by Gasteiger charge is 2.35. The van der Waals surface area contributed by atoms with Crippen molar-refractivity contribution in [3.05, 3.63) is 17.8 Å². The number of hydrogen-bond acceptors (Lipinski definition) is 4. The van der Waals surface area contributed by atoms with Gasteiger partial charge in [-0.05, 0) is 12.8 Å². The summed E-state index contributed by atoms with van der Waals surface area (Å²) in [7, 11) is 0. The van der Waals surface area contributed by atoms with Crippen molar-refractivity contribution in [1.29, 1.82) is 0 Å². The number of nitrogens with zero attached hydrogens (tertiary/aromatic N) is 1. The minimum Gasteiger partial charge on any atom is -0.481 e. The predicted octanol–water partition coefficient (Wildman–Crippen LogP) is 1.86. The van der Waals surface area contributed by atoms with Crippen LogP contribution < -0.4 is 5.32 Å². The molecule has 106 valence electrons. The molecule has 2 N–H and O–H groups in total. The topological polar surface area (TPSA) is 92.4 Å². The summed E-state index contributed by atoms with van der Waals surface area (Å²) in [6.07, 6.45) is 2.70. The lowest BCUT2D eigenvalue weighted by atomic mass is 9.82. The number of oxazole rings is 1. The van der Waals surface area contributed by atoms with E-state index in [1.165, 1.54) is 6.39 Å². The SMILES string of the molecule is CCc1ocnc1C(=O)NCC(CC)(CC)C(=O)O. The van der Waals surface area contributed by atoms with Crippen molar-refractivity contribution in [3.63, 3.8) is 0 Å². The van der Waals surface area contributed by atoms with E-state index in [4.69, 9.17) is 4.42 Å². The Morgan fingerprint density at radius 3 is 2.47 bits per heavy atom. The number of rotatable bonds is 7. The van der Waals surface area contributed by atoms with Gasteiger partial charge in [0, 0.05) is 13.0 Å². The third kappa shape index (κ3) is 3.13. The van der Waals surface area contributed by atoms with Crippen LogP contribution in [0.25, 0.3) is 0 Å². The first-order chi connectivity index (χ1) is 9.00. The van der Waals surface area contributed by atoms with Gasteiger partial charge in [0.15, 0.2) is 12.1 Å². The molecule has 0 aliphatic rings. The van der Waals surface area contributed by atoms with Crippen LogP contribution in [0, 0.1) is 5.41 Å². The van der Waals surface area contributed by atoms with Gasteiger partial charge in [-0.1, -0.05) is 20.8 Å². The lowest BCUT2D eigenvalue weighted by molar-refractivity contribution is -0.149. The summed E-state index contributed by atoms with van der Waals surface area (Å²) in [6, 6.07) is 0. The Morgan fingerprint density at radius 2 is 2.00 bits per heavy atom. The van der Waals surface area contributed by atoms with Gasteiger partial charge >= 0.3 is 5.97 Å². The molecule has 0 atom stereocenters. The summed E-state index contributed by atoms with van der Waals surface area (Å²) in [5.74, 6) is -0.779. The van der Waals surface area contributed by atoms with Gasteiger partial charge in [-0.3, -0.25) is 9.59 Å². The fourth-order valence-electron chi connectivity index (χ4n) is 1.92. The molecule has 1 aromatic rings. The zero-order valence-electron chi connectivity index (χ0n) is 11.5. The maximum atomic E-state index is 12.0. The van der Waals surface area contributed by atoms with Crippen LogP contribution in [0.5, 0.6) is 0 Å². The molecule has 1 amide bonds. The third-order valence-electron chi connectivity index (χ3n) is 3.57.